The number of rotatable bonds is 6. The van der Waals surface area contributed by atoms with Gasteiger partial charge in [-0.15, -0.1) is 10.2 Å². The Hall–Kier alpha value is -2.57. The minimum Gasteiger partial charge on any atom is -0.496 e. The molecule has 0 saturated heterocycles. The summed E-state index contributed by atoms with van der Waals surface area (Å²) in [6.07, 6.45) is 0. The van der Waals surface area contributed by atoms with Gasteiger partial charge in [-0.2, -0.15) is 0 Å². The van der Waals surface area contributed by atoms with Gasteiger partial charge in [0.15, 0.2) is 0 Å². The van der Waals surface area contributed by atoms with Crippen LogP contribution in [0.2, 0.25) is 0 Å². The Balaban J connectivity index is 2.04. The van der Waals surface area contributed by atoms with Crippen LogP contribution in [0.25, 0.3) is 11.5 Å². The Morgan fingerprint density at radius 2 is 2.00 bits per heavy atom. The first kappa shape index (κ1) is 15.8. The summed E-state index contributed by atoms with van der Waals surface area (Å²) >= 11 is 0. The van der Waals surface area contributed by atoms with Crippen molar-refractivity contribution < 1.29 is 13.9 Å². The molecule has 7 heteroatoms. The van der Waals surface area contributed by atoms with E-state index in [9.17, 15) is 4.79 Å². The summed E-state index contributed by atoms with van der Waals surface area (Å²) in [4.78, 5) is 13.5. The Kier molecular flexibility index (Phi) is 5.35. The van der Waals surface area contributed by atoms with Gasteiger partial charge in [-0.3, -0.25) is 0 Å². The van der Waals surface area contributed by atoms with E-state index >= 15 is 0 Å². The van der Waals surface area contributed by atoms with E-state index in [4.69, 9.17) is 9.15 Å². The molecule has 7 nitrogen and oxygen atoms in total. The first-order valence-corrected chi connectivity index (χ1v) is 7.18. The standard InChI is InChI=1S/C15H20N4O3/c1-4-19(5-2)15(20)16-10-13-17-18-14(22-13)11-8-6-7-9-12(11)21-3/h6-9H,4-5,10H2,1-3H3,(H,16,20). The number of amides is 2. The predicted molar refractivity (Wildman–Crippen MR) is 81.4 cm³/mol. The molecule has 1 N–H and O–H groups in total. The maximum absolute atomic E-state index is 11.9. The highest BCUT2D eigenvalue weighted by atomic mass is 16.5. The van der Waals surface area contributed by atoms with Gasteiger partial charge in [-0.25, -0.2) is 4.79 Å². The normalized spacial score (nSPS) is 10.3. The number of nitrogens with one attached hydrogen (secondary N) is 1. The molecule has 0 bridgehead atoms. The van der Waals surface area contributed by atoms with Gasteiger partial charge in [0.2, 0.25) is 5.89 Å². The number of urea groups is 1. The molecule has 0 atom stereocenters. The molecule has 2 amide bonds. The number of carbonyl (C=O) groups is 1. The molecule has 118 valence electrons. The van der Waals surface area contributed by atoms with Gasteiger partial charge in [-0.05, 0) is 26.0 Å². The fraction of sp³-hybridized carbons (Fsp3) is 0.400. The lowest BCUT2D eigenvalue weighted by Crippen LogP contribution is -2.39. The van der Waals surface area contributed by atoms with Crippen molar-refractivity contribution in [2.24, 2.45) is 0 Å². The number of ether oxygens (including phenoxy) is 1. The monoisotopic (exact) mass is 304 g/mol. The minimum absolute atomic E-state index is 0.151. The number of para-hydroxylation sites is 1. The zero-order valence-electron chi connectivity index (χ0n) is 13.0. The van der Waals surface area contributed by atoms with E-state index in [0.29, 0.717) is 30.6 Å². The molecule has 0 radical (unpaired) electrons. The van der Waals surface area contributed by atoms with Crippen molar-refractivity contribution in [1.29, 1.82) is 0 Å². The molecule has 0 fully saturated rings. The maximum atomic E-state index is 11.9. The third-order valence-electron chi connectivity index (χ3n) is 3.25. The molecular weight excluding hydrogens is 284 g/mol. The maximum Gasteiger partial charge on any atom is 0.317 e. The van der Waals surface area contributed by atoms with Gasteiger partial charge in [0.1, 0.15) is 5.75 Å². The zero-order valence-corrected chi connectivity index (χ0v) is 13.0. The quantitative estimate of drug-likeness (QED) is 0.885. The fourth-order valence-corrected chi connectivity index (χ4v) is 2.03. The Morgan fingerprint density at radius 1 is 1.27 bits per heavy atom. The zero-order chi connectivity index (χ0) is 15.9. The lowest BCUT2D eigenvalue weighted by molar-refractivity contribution is 0.201. The van der Waals surface area contributed by atoms with E-state index < -0.39 is 0 Å². The van der Waals surface area contributed by atoms with Crippen LogP contribution in [-0.2, 0) is 6.54 Å². The largest absolute Gasteiger partial charge is 0.496 e. The molecule has 0 aliphatic heterocycles. The molecule has 2 aromatic rings. The van der Waals surface area contributed by atoms with Crippen molar-refractivity contribution in [1.82, 2.24) is 20.4 Å². The van der Waals surface area contributed by atoms with Crippen molar-refractivity contribution in [3.8, 4) is 17.2 Å². The van der Waals surface area contributed by atoms with Crippen molar-refractivity contribution in [3.63, 3.8) is 0 Å². The molecule has 0 aliphatic rings. The van der Waals surface area contributed by atoms with Crippen LogP contribution in [0.4, 0.5) is 4.79 Å². The summed E-state index contributed by atoms with van der Waals surface area (Å²) in [5.41, 5.74) is 0.721. The summed E-state index contributed by atoms with van der Waals surface area (Å²) in [6.45, 7) is 5.35. The van der Waals surface area contributed by atoms with Crippen molar-refractivity contribution in [2.75, 3.05) is 20.2 Å². The third-order valence-corrected chi connectivity index (χ3v) is 3.25. The summed E-state index contributed by atoms with van der Waals surface area (Å²) in [5, 5.41) is 10.7. The molecule has 1 aromatic carbocycles. The number of aromatic nitrogens is 2. The molecular formula is C15H20N4O3. The van der Waals surface area contributed by atoms with E-state index in [1.807, 2.05) is 38.1 Å². The topological polar surface area (TPSA) is 80.5 Å². The number of benzene rings is 1. The lowest BCUT2D eigenvalue weighted by atomic mass is 10.2. The molecule has 0 aliphatic carbocycles. The first-order chi connectivity index (χ1) is 10.7. The van der Waals surface area contributed by atoms with Gasteiger partial charge < -0.3 is 19.4 Å². The molecule has 1 heterocycles. The van der Waals surface area contributed by atoms with E-state index in [0.717, 1.165) is 5.56 Å². The Bertz CT molecular complexity index is 623. The summed E-state index contributed by atoms with van der Waals surface area (Å²) in [6, 6.07) is 7.24. The van der Waals surface area contributed by atoms with Crippen LogP contribution in [0.3, 0.4) is 0 Å². The number of nitrogens with zero attached hydrogens (tertiary/aromatic N) is 3. The van der Waals surface area contributed by atoms with Crippen LogP contribution in [0.1, 0.15) is 19.7 Å². The summed E-state index contributed by atoms with van der Waals surface area (Å²) in [7, 11) is 1.58. The van der Waals surface area contributed by atoms with Crippen LogP contribution in [-0.4, -0.2) is 41.3 Å². The van der Waals surface area contributed by atoms with Crippen LogP contribution >= 0.6 is 0 Å². The second-order valence-corrected chi connectivity index (χ2v) is 4.53. The van der Waals surface area contributed by atoms with Crippen molar-refractivity contribution in [2.45, 2.75) is 20.4 Å². The molecule has 0 unspecified atom stereocenters. The van der Waals surface area contributed by atoms with E-state index in [-0.39, 0.29) is 12.6 Å². The minimum atomic E-state index is -0.151. The molecule has 22 heavy (non-hydrogen) atoms. The Morgan fingerprint density at radius 3 is 2.68 bits per heavy atom. The number of methoxy groups -OCH3 is 1. The second kappa shape index (κ2) is 7.44. The Labute approximate surface area is 129 Å². The smallest absolute Gasteiger partial charge is 0.317 e. The average Bonchev–Trinajstić information content (AvgIpc) is 3.02. The predicted octanol–water partition coefficient (Wildman–Crippen LogP) is 2.30. The highest BCUT2D eigenvalue weighted by molar-refractivity contribution is 5.73. The summed E-state index contributed by atoms with van der Waals surface area (Å²) < 4.78 is 10.8. The van der Waals surface area contributed by atoms with Crippen LogP contribution in [0.5, 0.6) is 5.75 Å². The lowest BCUT2D eigenvalue weighted by Gasteiger charge is -2.18. The van der Waals surface area contributed by atoms with E-state index in [1.165, 1.54) is 0 Å². The number of hydrogen-bond acceptors (Lipinski definition) is 5. The van der Waals surface area contributed by atoms with Gasteiger partial charge in [0.05, 0.1) is 19.2 Å². The van der Waals surface area contributed by atoms with Crippen molar-refractivity contribution in [3.05, 3.63) is 30.2 Å². The van der Waals surface area contributed by atoms with E-state index in [2.05, 4.69) is 15.5 Å². The summed E-state index contributed by atoms with van der Waals surface area (Å²) in [5.74, 6) is 1.37. The number of carbonyl (C=O) groups excluding carboxylic acids is 1. The van der Waals surface area contributed by atoms with Crippen LogP contribution < -0.4 is 10.1 Å². The third kappa shape index (κ3) is 3.55. The first-order valence-electron chi connectivity index (χ1n) is 7.18. The van der Waals surface area contributed by atoms with Crippen molar-refractivity contribution >= 4 is 6.03 Å². The average molecular weight is 304 g/mol. The van der Waals surface area contributed by atoms with Gasteiger partial charge >= 0.3 is 6.03 Å². The van der Waals surface area contributed by atoms with Gasteiger partial charge in [0.25, 0.3) is 5.89 Å². The molecule has 1 aromatic heterocycles. The molecule has 0 saturated carbocycles. The highest BCUT2D eigenvalue weighted by Crippen LogP contribution is 2.28. The fourth-order valence-electron chi connectivity index (χ4n) is 2.03. The molecule has 2 rings (SSSR count). The SMILES string of the molecule is CCN(CC)C(=O)NCc1nnc(-c2ccccc2OC)o1. The second-order valence-electron chi connectivity index (χ2n) is 4.53. The number of hydrogen-bond donors (Lipinski definition) is 1. The van der Waals surface area contributed by atoms with Crippen LogP contribution in [0, 0.1) is 0 Å². The molecule has 0 spiro atoms. The van der Waals surface area contributed by atoms with Crippen LogP contribution in [0.15, 0.2) is 28.7 Å². The van der Waals surface area contributed by atoms with Gasteiger partial charge in [0, 0.05) is 13.1 Å². The van der Waals surface area contributed by atoms with Gasteiger partial charge in [-0.1, -0.05) is 12.1 Å². The highest BCUT2D eigenvalue weighted by Gasteiger charge is 2.14. The van der Waals surface area contributed by atoms with E-state index in [1.54, 1.807) is 12.0 Å².